The zero-order valence-corrected chi connectivity index (χ0v) is 15.3. The summed E-state index contributed by atoms with van der Waals surface area (Å²) >= 11 is 1.48. The Labute approximate surface area is 154 Å². The Balaban J connectivity index is 1.63. The van der Waals surface area contributed by atoms with Crippen LogP contribution in [0.4, 0.5) is 0 Å². The molecule has 7 heteroatoms. The number of fused-ring (bicyclic) bond motifs is 1. The van der Waals surface area contributed by atoms with Crippen molar-refractivity contribution in [2.75, 3.05) is 0 Å². The minimum atomic E-state index is -0.387. The number of carbonyl (C=O) groups excluding carboxylic acids is 1. The van der Waals surface area contributed by atoms with Gasteiger partial charge in [0.1, 0.15) is 11.4 Å². The lowest BCUT2D eigenvalue weighted by molar-refractivity contribution is -0.121. The Morgan fingerprint density at radius 1 is 1.31 bits per heavy atom. The molecule has 0 aliphatic carbocycles. The summed E-state index contributed by atoms with van der Waals surface area (Å²) in [6.45, 7) is 3.72. The number of carbonyl (C=O) groups is 1. The minimum absolute atomic E-state index is 0.129. The van der Waals surface area contributed by atoms with Crippen LogP contribution in [0, 0.1) is 13.8 Å². The lowest BCUT2D eigenvalue weighted by Crippen LogP contribution is -2.30. The molecule has 0 spiro atoms. The van der Waals surface area contributed by atoms with E-state index < -0.39 is 0 Å². The second-order valence-corrected chi connectivity index (χ2v) is 6.93. The summed E-state index contributed by atoms with van der Waals surface area (Å²) in [7, 11) is 0. The van der Waals surface area contributed by atoms with Crippen LogP contribution in [0.3, 0.4) is 0 Å². The molecule has 0 atom stereocenters. The molecule has 0 aliphatic rings. The molecule has 1 aromatic carbocycles. The van der Waals surface area contributed by atoms with Gasteiger partial charge < -0.3 is 0 Å². The molecule has 2 heterocycles. The highest BCUT2D eigenvalue weighted by Crippen LogP contribution is 2.25. The van der Waals surface area contributed by atoms with Crippen molar-refractivity contribution in [2.24, 2.45) is 5.10 Å². The molecule has 0 fully saturated rings. The molecule has 0 bridgehead atoms. The molecule has 0 saturated heterocycles. The topological polar surface area (TPSA) is 76.3 Å². The van der Waals surface area contributed by atoms with Crippen molar-refractivity contribution in [3.8, 4) is 0 Å². The summed E-state index contributed by atoms with van der Waals surface area (Å²) in [6.07, 6.45) is 6.49. The zero-order chi connectivity index (χ0) is 18.5. The fraction of sp³-hybridized carbons (Fsp3) is 0.158. The van der Waals surface area contributed by atoms with Crippen LogP contribution >= 0.6 is 11.3 Å². The molecule has 1 amide bonds. The first-order valence-electron chi connectivity index (χ1n) is 8.05. The quantitative estimate of drug-likeness (QED) is 0.557. The highest BCUT2D eigenvalue weighted by molar-refractivity contribution is 7.18. The highest BCUT2D eigenvalue weighted by Gasteiger charge is 2.13. The fourth-order valence-corrected chi connectivity index (χ4v) is 3.43. The standard InChI is InChI=1S/C19H18N4O2S/c1-13-14(2)26-18-17(13)19(25)23(12-20-18)11-16(24)22-21-10-6-9-15-7-4-3-5-8-15/h3-10,12H,11H2,1-2H3,(H,22,24)/b9-6+,21-10-. The van der Waals surface area contributed by atoms with Crippen LogP contribution in [0.1, 0.15) is 16.0 Å². The monoisotopic (exact) mass is 366 g/mol. The van der Waals surface area contributed by atoms with E-state index in [-0.39, 0.29) is 18.0 Å². The fourth-order valence-electron chi connectivity index (χ4n) is 2.44. The molecule has 0 aliphatic heterocycles. The second kappa shape index (κ2) is 7.88. The normalized spacial score (nSPS) is 11.6. The van der Waals surface area contributed by atoms with E-state index in [1.54, 1.807) is 6.08 Å². The first kappa shape index (κ1) is 17.8. The van der Waals surface area contributed by atoms with E-state index in [2.05, 4.69) is 15.5 Å². The van der Waals surface area contributed by atoms with E-state index in [0.717, 1.165) is 16.0 Å². The Kier molecular flexibility index (Phi) is 5.38. The van der Waals surface area contributed by atoms with Crippen molar-refractivity contribution in [1.82, 2.24) is 15.0 Å². The third kappa shape index (κ3) is 3.94. The van der Waals surface area contributed by atoms with Crippen molar-refractivity contribution in [1.29, 1.82) is 0 Å². The summed E-state index contributed by atoms with van der Waals surface area (Å²) in [6, 6.07) is 9.76. The van der Waals surface area contributed by atoms with Gasteiger partial charge in [-0.3, -0.25) is 14.2 Å². The van der Waals surface area contributed by atoms with Crippen LogP contribution in [0.2, 0.25) is 0 Å². The van der Waals surface area contributed by atoms with Gasteiger partial charge in [-0.05, 0) is 31.1 Å². The van der Waals surface area contributed by atoms with Gasteiger partial charge in [-0.1, -0.05) is 36.4 Å². The van der Waals surface area contributed by atoms with Crippen molar-refractivity contribution in [2.45, 2.75) is 20.4 Å². The van der Waals surface area contributed by atoms with Gasteiger partial charge in [0.2, 0.25) is 0 Å². The molecule has 0 radical (unpaired) electrons. The lowest BCUT2D eigenvalue weighted by Gasteiger charge is -2.04. The number of hydrogen-bond donors (Lipinski definition) is 1. The third-order valence-corrected chi connectivity index (χ3v) is 5.02. The Morgan fingerprint density at radius 2 is 2.08 bits per heavy atom. The molecule has 6 nitrogen and oxygen atoms in total. The number of nitrogens with zero attached hydrogens (tertiary/aromatic N) is 3. The molecule has 0 saturated carbocycles. The number of hydrogen-bond acceptors (Lipinski definition) is 5. The number of allylic oxidation sites excluding steroid dienone is 1. The van der Waals surface area contributed by atoms with Crippen LogP contribution in [0.5, 0.6) is 0 Å². The van der Waals surface area contributed by atoms with Crippen LogP contribution in [0.15, 0.2) is 52.6 Å². The number of thiophene rings is 1. The summed E-state index contributed by atoms with van der Waals surface area (Å²) in [5.74, 6) is -0.387. The predicted molar refractivity (Wildman–Crippen MR) is 105 cm³/mol. The van der Waals surface area contributed by atoms with Gasteiger partial charge in [0, 0.05) is 11.1 Å². The summed E-state index contributed by atoms with van der Waals surface area (Å²) in [5.41, 5.74) is 4.16. The minimum Gasteiger partial charge on any atom is -0.289 e. The van der Waals surface area contributed by atoms with Gasteiger partial charge in [0.15, 0.2) is 0 Å². The molecular formula is C19H18N4O2S. The van der Waals surface area contributed by atoms with Gasteiger partial charge in [0.25, 0.3) is 11.5 Å². The number of nitrogens with one attached hydrogen (secondary N) is 1. The van der Waals surface area contributed by atoms with E-state index in [1.807, 2.05) is 50.3 Å². The largest absolute Gasteiger partial charge is 0.289 e. The lowest BCUT2D eigenvalue weighted by atomic mass is 10.2. The van der Waals surface area contributed by atoms with E-state index in [1.165, 1.54) is 28.4 Å². The Hall–Kier alpha value is -3.06. The van der Waals surface area contributed by atoms with Gasteiger partial charge >= 0.3 is 0 Å². The van der Waals surface area contributed by atoms with Crippen molar-refractivity contribution in [3.63, 3.8) is 0 Å². The number of aryl methyl sites for hydroxylation is 2. The third-order valence-electron chi connectivity index (χ3n) is 3.91. The summed E-state index contributed by atoms with van der Waals surface area (Å²) in [4.78, 5) is 30.6. The second-order valence-electron chi connectivity index (χ2n) is 5.72. The van der Waals surface area contributed by atoms with Crippen LogP contribution in [-0.4, -0.2) is 21.7 Å². The molecule has 1 N–H and O–H groups in total. The number of hydrazone groups is 1. The molecule has 3 aromatic rings. The van der Waals surface area contributed by atoms with Gasteiger partial charge in [-0.25, -0.2) is 10.4 Å². The smallest absolute Gasteiger partial charge is 0.262 e. The number of benzene rings is 1. The molecule has 0 unspecified atom stereocenters. The van der Waals surface area contributed by atoms with Gasteiger partial charge in [-0.2, -0.15) is 5.10 Å². The summed E-state index contributed by atoms with van der Waals surface area (Å²) < 4.78 is 1.30. The molecule has 132 valence electrons. The van der Waals surface area contributed by atoms with Crippen molar-refractivity contribution >= 4 is 39.8 Å². The van der Waals surface area contributed by atoms with Crippen molar-refractivity contribution < 1.29 is 4.79 Å². The van der Waals surface area contributed by atoms with Crippen LogP contribution < -0.4 is 11.0 Å². The maximum Gasteiger partial charge on any atom is 0.262 e. The predicted octanol–water partition coefficient (Wildman–Crippen LogP) is 2.89. The van der Waals surface area contributed by atoms with Crippen LogP contribution in [0.25, 0.3) is 16.3 Å². The molecule has 3 rings (SSSR count). The maximum absolute atomic E-state index is 12.5. The average Bonchev–Trinajstić information content (AvgIpc) is 2.93. The highest BCUT2D eigenvalue weighted by atomic mass is 32.1. The maximum atomic E-state index is 12.5. The number of rotatable bonds is 5. The summed E-state index contributed by atoms with van der Waals surface area (Å²) in [5, 5.41) is 4.43. The van der Waals surface area contributed by atoms with Crippen LogP contribution in [-0.2, 0) is 11.3 Å². The van der Waals surface area contributed by atoms with Gasteiger partial charge in [-0.15, -0.1) is 11.3 Å². The number of aromatic nitrogens is 2. The molecule has 26 heavy (non-hydrogen) atoms. The van der Waals surface area contributed by atoms with Gasteiger partial charge in [0.05, 0.1) is 11.7 Å². The zero-order valence-electron chi connectivity index (χ0n) is 14.5. The first-order chi connectivity index (χ1) is 12.6. The number of amides is 1. The van der Waals surface area contributed by atoms with E-state index in [0.29, 0.717) is 10.2 Å². The van der Waals surface area contributed by atoms with Crippen molar-refractivity contribution in [3.05, 3.63) is 69.1 Å². The van der Waals surface area contributed by atoms with E-state index in [4.69, 9.17) is 0 Å². The van der Waals surface area contributed by atoms with E-state index >= 15 is 0 Å². The molecular weight excluding hydrogens is 348 g/mol. The Bertz CT molecular complexity index is 1050. The average molecular weight is 366 g/mol. The molecule has 2 aromatic heterocycles. The van der Waals surface area contributed by atoms with E-state index in [9.17, 15) is 9.59 Å². The Morgan fingerprint density at radius 3 is 2.85 bits per heavy atom. The first-order valence-corrected chi connectivity index (χ1v) is 8.86. The SMILES string of the molecule is Cc1sc2ncn(CC(=O)N/N=C\C=C\c3ccccc3)c(=O)c2c1C.